The van der Waals surface area contributed by atoms with Gasteiger partial charge in [0.25, 0.3) is 0 Å². The number of aryl methyl sites for hydroxylation is 1. The number of hydrogen-bond donors (Lipinski definition) is 2. The molecule has 0 heterocycles. The Labute approximate surface area is 91.6 Å². The zero-order valence-corrected chi connectivity index (χ0v) is 9.71. The predicted octanol–water partition coefficient (Wildman–Crippen LogP) is 2.41. The molecule has 0 saturated heterocycles. The predicted molar refractivity (Wildman–Crippen MR) is 65.2 cm³/mol. The molecule has 3 nitrogen and oxygen atoms in total. The summed E-state index contributed by atoms with van der Waals surface area (Å²) < 4.78 is 5.42. The number of benzene rings is 1. The van der Waals surface area contributed by atoms with Gasteiger partial charge in [-0.1, -0.05) is 6.07 Å². The van der Waals surface area contributed by atoms with Crippen LogP contribution in [0, 0.1) is 6.92 Å². The van der Waals surface area contributed by atoms with Crippen LogP contribution in [0.25, 0.3) is 0 Å². The van der Waals surface area contributed by atoms with E-state index in [1.165, 1.54) is 0 Å². The molecular formula is C12H20N2O. The van der Waals surface area contributed by atoms with Crippen molar-refractivity contribution in [3.05, 3.63) is 23.8 Å². The maximum absolute atomic E-state index is 5.80. The summed E-state index contributed by atoms with van der Waals surface area (Å²) in [7, 11) is 0. The fourth-order valence-corrected chi connectivity index (χ4v) is 1.24. The number of rotatable bonds is 5. The van der Waals surface area contributed by atoms with Gasteiger partial charge < -0.3 is 15.8 Å². The van der Waals surface area contributed by atoms with Gasteiger partial charge in [-0.3, -0.25) is 0 Å². The number of ether oxygens (including phenoxy) is 1. The van der Waals surface area contributed by atoms with Crippen molar-refractivity contribution in [3.63, 3.8) is 0 Å². The Hall–Kier alpha value is -1.22. The minimum absolute atomic E-state index is 0.287. The van der Waals surface area contributed by atoms with Gasteiger partial charge in [-0.2, -0.15) is 0 Å². The number of anilines is 2. The highest BCUT2D eigenvalue weighted by molar-refractivity contribution is 5.58. The number of nitrogens with one attached hydrogen (secondary N) is 1. The van der Waals surface area contributed by atoms with Crippen LogP contribution in [0.15, 0.2) is 18.2 Å². The third-order valence-corrected chi connectivity index (χ3v) is 2.16. The van der Waals surface area contributed by atoms with E-state index in [9.17, 15) is 0 Å². The first-order valence-corrected chi connectivity index (χ1v) is 5.31. The van der Waals surface area contributed by atoms with Crippen LogP contribution in [-0.2, 0) is 4.74 Å². The van der Waals surface area contributed by atoms with E-state index in [1.807, 2.05) is 39.0 Å². The highest BCUT2D eigenvalue weighted by Crippen LogP contribution is 2.16. The zero-order chi connectivity index (χ0) is 11.3. The average Bonchev–Trinajstić information content (AvgIpc) is 2.18. The van der Waals surface area contributed by atoms with Crippen molar-refractivity contribution >= 4 is 11.4 Å². The van der Waals surface area contributed by atoms with Crippen molar-refractivity contribution in [2.24, 2.45) is 0 Å². The lowest BCUT2D eigenvalue weighted by Gasteiger charge is -2.10. The SMILES string of the molecule is Cc1ccc(NCCOC(C)C)cc1N. The fourth-order valence-electron chi connectivity index (χ4n) is 1.24. The molecule has 0 aliphatic rings. The summed E-state index contributed by atoms with van der Waals surface area (Å²) in [6.07, 6.45) is 0.287. The smallest absolute Gasteiger partial charge is 0.0642 e. The lowest BCUT2D eigenvalue weighted by atomic mass is 10.2. The van der Waals surface area contributed by atoms with Gasteiger partial charge in [0.15, 0.2) is 0 Å². The van der Waals surface area contributed by atoms with Gasteiger partial charge in [-0.15, -0.1) is 0 Å². The van der Waals surface area contributed by atoms with Crippen LogP contribution in [0.5, 0.6) is 0 Å². The van der Waals surface area contributed by atoms with Crippen LogP contribution < -0.4 is 11.1 Å². The molecule has 0 aliphatic carbocycles. The number of hydrogen-bond acceptors (Lipinski definition) is 3. The molecule has 0 radical (unpaired) electrons. The highest BCUT2D eigenvalue weighted by atomic mass is 16.5. The third-order valence-electron chi connectivity index (χ3n) is 2.16. The van der Waals surface area contributed by atoms with Crippen LogP contribution >= 0.6 is 0 Å². The van der Waals surface area contributed by atoms with Crippen LogP contribution in [0.1, 0.15) is 19.4 Å². The van der Waals surface area contributed by atoms with E-state index in [1.54, 1.807) is 0 Å². The molecular weight excluding hydrogens is 188 g/mol. The van der Waals surface area contributed by atoms with Crippen molar-refractivity contribution in [2.75, 3.05) is 24.2 Å². The van der Waals surface area contributed by atoms with Crippen LogP contribution in [0.3, 0.4) is 0 Å². The maximum Gasteiger partial charge on any atom is 0.0642 e. The molecule has 0 fully saturated rings. The van der Waals surface area contributed by atoms with Gasteiger partial charge in [-0.05, 0) is 38.5 Å². The van der Waals surface area contributed by atoms with E-state index in [-0.39, 0.29) is 6.10 Å². The first-order chi connectivity index (χ1) is 7.09. The second-order valence-corrected chi connectivity index (χ2v) is 3.92. The standard InChI is InChI=1S/C12H20N2O/c1-9(2)15-7-6-14-11-5-4-10(3)12(13)8-11/h4-5,8-9,14H,6-7,13H2,1-3H3. The fraction of sp³-hybridized carbons (Fsp3) is 0.500. The third kappa shape index (κ3) is 4.21. The van der Waals surface area contributed by atoms with Gasteiger partial charge in [0.1, 0.15) is 0 Å². The highest BCUT2D eigenvalue weighted by Gasteiger charge is 1.96. The number of nitrogens with two attached hydrogens (primary N) is 1. The Morgan fingerprint density at radius 3 is 2.73 bits per heavy atom. The zero-order valence-electron chi connectivity index (χ0n) is 9.71. The molecule has 0 bridgehead atoms. The van der Waals surface area contributed by atoms with Crippen molar-refractivity contribution in [1.82, 2.24) is 0 Å². The van der Waals surface area contributed by atoms with E-state index in [0.29, 0.717) is 6.61 Å². The molecule has 0 aromatic heterocycles. The minimum Gasteiger partial charge on any atom is -0.398 e. The molecule has 0 amide bonds. The van der Waals surface area contributed by atoms with Gasteiger partial charge in [0.05, 0.1) is 12.7 Å². The summed E-state index contributed by atoms with van der Waals surface area (Å²) >= 11 is 0. The molecule has 3 N–H and O–H groups in total. The van der Waals surface area contributed by atoms with Crippen molar-refractivity contribution in [1.29, 1.82) is 0 Å². The van der Waals surface area contributed by atoms with Gasteiger partial charge in [0.2, 0.25) is 0 Å². The van der Waals surface area contributed by atoms with Crippen molar-refractivity contribution in [3.8, 4) is 0 Å². The van der Waals surface area contributed by atoms with E-state index in [0.717, 1.165) is 23.5 Å². The molecule has 84 valence electrons. The normalized spacial score (nSPS) is 10.7. The molecule has 0 unspecified atom stereocenters. The summed E-state index contributed by atoms with van der Waals surface area (Å²) in [5.41, 5.74) is 8.78. The van der Waals surface area contributed by atoms with Crippen LogP contribution in [-0.4, -0.2) is 19.3 Å². The lowest BCUT2D eigenvalue weighted by Crippen LogP contribution is -2.13. The number of nitrogen functional groups attached to an aromatic ring is 1. The molecule has 1 aromatic carbocycles. The van der Waals surface area contributed by atoms with Gasteiger partial charge in [-0.25, -0.2) is 0 Å². The molecule has 1 aromatic rings. The second kappa shape index (κ2) is 5.61. The first kappa shape index (κ1) is 11.9. The monoisotopic (exact) mass is 208 g/mol. The quantitative estimate of drug-likeness (QED) is 0.577. The average molecular weight is 208 g/mol. The van der Waals surface area contributed by atoms with Gasteiger partial charge >= 0.3 is 0 Å². The largest absolute Gasteiger partial charge is 0.398 e. The lowest BCUT2D eigenvalue weighted by molar-refractivity contribution is 0.0870. The Balaban J connectivity index is 2.35. The molecule has 1 rings (SSSR count). The molecule has 15 heavy (non-hydrogen) atoms. The summed E-state index contributed by atoms with van der Waals surface area (Å²) in [5.74, 6) is 0. The minimum atomic E-state index is 0.287. The molecule has 3 heteroatoms. The molecule has 0 saturated carbocycles. The Kier molecular flexibility index (Phi) is 4.43. The van der Waals surface area contributed by atoms with E-state index in [2.05, 4.69) is 5.32 Å². The summed E-state index contributed by atoms with van der Waals surface area (Å²) in [6.45, 7) is 7.58. The topological polar surface area (TPSA) is 47.3 Å². The van der Waals surface area contributed by atoms with E-state index in [4.69, 9.17) is 10.5 Å². The van der Waals surface area contributed by atoms with E-state index >= 15 is 0 Å². The van der Waals surface area contributed by atoms with Crippen molar-refractivity contribution in [2.45, 2.75) is 26.9 Å². The van der Waals surface area contributed by atoms with Crippen molar-refractivity contribution < 1.29 is 4.74 Å². The molecule has 0 spiro atoms. The molecule has 0 atom stereocenters. The Bertz CT molecular complexity index is 310. The second-order valence-electron chi connectivity index (χ2n) is 3.92. The maximum atomic E-state index is 5.80. The van der Waals surface area contributed by atoms with E-state index < -0.39 is 0 Å². The summed E-state index contributed by atoms with van der Waals surface area (Å²) in [6, 6.07) is 5.99. The van der Waals surface area contributed by atoms with Crippen LogP contribution in [0.2, 0.25) is 0 Å². The van der Waals surface area contributed by atoms with Crippen LogP contribution in [0.4, 0.5) is 11.4 Å². The molecule has 0 aliphatic heterocycles. The Morgan fingerprint density at radius 1 is 1.40 bits per heavy atom. The van der Waals surface area contributed by atoms with Gasteiger partial charge in [0, 0.05) is 17.9 Å². The Morgan fingerprint density at radius 2 is 2.13 bits per heavy atom. The summed E-state index contributed by atoms with van der Waals surface area (Å²) in [5, 5.41) is 3.26. The first-order valence-electron chi connectivity index (χ1n) is 5.31. The summed E-state index contributed by atoms with van der Waals surface area (Å²) in [4.78, 5) is 0.